The first-order valence-electron chi connectivity index (χ1n) is 5.79. The van der Waals surface area contributed by atoms with E-state index in [9.17, 15) is 9.59 Å². The lowest BCUT2D eigenvalue weighted by Crippen LogP contribution is -2.42. The number of thiophene rings is 1. The van der Waals surface area contributed by atoms with Crippen LogP contribution in [0.5, 0.6) is 0 Å². The Hall–Kier alpha value is -2.08. The van der Waals surface area contributed by atoms with Gasteiger partial charge in [0, 0.05) is 10.1 Å². The van der Waals surface area contributed by atoms with Crippen molar-refractivity contribution < 1.29 is 9.59 Å². The number of hydrogen-bond donors (Lipinski definition) is 3. The van der Waals surface area contributed by atoms with Gasteiger partial charge in [-0.15, -0.1) is 11.3 Å². The lowest BCUT2D eigenvalue weighted by Gasteiger charge is -2.09. The molecule has 2 aromatic rings. The van der Waals surface area contributed by atoms with Crippen molar-refractivity contribution in [3.8, 4) is 0 Å². The molecule has 5 nitrogen and oxygen atoms in total. The highest BCUT2D eigenvalue weighted by Crippen LogP contribution is 2.35. The standard InChI is InChI=1S/C13H15N3O2S/c1-6-4-3-5-8-9(14)11(19-10(6)8)13(18)16-7(2)12(15)17/h3-5,7H,14H2,1-2H3,(H2,15,17)(H,16,18). The van der Waals surface area contributed by atoms with E-state index in [1.807, 2.05) is 25.1 Å². The summed E-state index contributed by atoms with van der Waals surface area (Å²) in [7, 11) is 0. The average Bonchev–Trinajstić information content (AvgIpc) is 2.68. The molecule has 0 fully saturated rings. The number of fused-ring (bicyclic) bond motifs is 1. The number of nitrogens with two attached hydrogens (primary N) is 2. The van der Waals surface area contributed by atoms with E-state index in [-0.39, 0.29) is 5.91 Å². The molecule has 0 saturated heterocycles. The van der Waals surface area contributed by atoms with Gasteiger partial charge in [-0.1, -0.05) is 18.2 Å². The highest BCUT2D eigenvalue weighted by molar-refractivity contribution is 7.21. The van der Waals surface area contributed by atoms with Gasteiger partial charge in [-0.3, -0.25) is 9.59 Å². The van der Waals surface area contributed by atoms with Crippen molar-refractivity contribution in [2.45, 2.75) is 19.9 Å². The van der Waals surface area contributed by atoms with Crippen LogP contribution in [-0.2, 0) is 4.79 Å². The smallest absolute Gasteiger partial charge is 0.264 e. The first-order chi connectivity index (χ1) is 8.91. The predicted molar refractivity (Wildman–Crippen MR) is 77.1 cm³/mol. The molecule has 0 aliphatic heterocycles. The van der Waals surface area contributed by atoms with Crippen molar-refractivity contribution >= 4 is 38.9 Å². The molecule has 1 heterocycles. The SMILES string of the molecule is Cc1cccc2c(N)c(C(=O)NC(C)C(N)=O)sc12. The number of primary amides is 1. The van der Waals surface area contributed by atoms with Crippen molar-refractivity contribution in [2.24, 2.45) is 5.73 Å². The van der Waals surface area contributed by atoms with Crippen molar-refractivity contribution in [1.82, 2.24) is 5.32 Å². The number of benzene rings is 1. The monoisotopic (exact) mass is 277 g/mol. The fraction of sp³-hybridized carbons (Fsp3) is 0.231. The summed E-state index contributed by atoms with van der Waals surface area (Å²) < 4.78 is 0.983. The van der Waals surface area contributed by atoms with Gasteiger partial charge < -0.3 is 16.8 Å². The first-order valence-corrected chi connectivity index (χ1v) is 6.61. The van der Waals surface area contributed by atoms with E-state index >= 15 is 0 Å². The van der Waals surface area contributed by atoms with Gasteiger partial charge in [-0.05, 0) is 19.4 Å². The summed E-state index contributed by atoms with van der Waals surface area (Å²) in [6.45, 7) is 3.50. The second-order valence-corrected chi connectivity index (χ2v) is 5.41. The lowest BCUT2D eigenvalue weighted by molar-refractivity contribution is -0.119. The zero-order chi connectivity index (χ0) is 14.2. The molecule has 0 bridgehead atoms. The van der Waals surface area contributed by atoms with Crippen molar-refractivity contribution in [3.63, 3.8) is 0 Å². The summed E-state index contributed by atoms with van der Waals surface area (Å²) in [6.07, 6.45) is 0. The number of hydrogen-bond acceptors (Lipinski definition) is 4. The second-order valence-electron chi connectivity index (χ2n) is 4.39. The molecular weight excluding hydrogens is 262 g/mol. The van der Waals surface area contributed by atoms with Crippen LogP contribution >= 0.6 is 11.3 Å². The predicted octanol–water partition coefficient (Wildman–Crippen LogP) is 1.40. The zero-order valence-electron chi connectivity index (χ0n) is 10.7. The number of carbonyl (C=O) groups excluding carboxylic acids is 2. The number of rotatable bonds is 3. The largest absolute Gasteiger partial charge is 0.397 e. The van der Waals surface area contributed by atoms with Crippen LogP contribution in [0.15, 0.2) is 18.2 Å². The number of nitrogens with one attached hydrogen (secondary N) is 1. The molecule has 1 unspecified atom stereocenters. The number of aryl methyl sites for hydroxylation is 1. The molecule has 2 rings (SSSR count). The molecule has 100 valence electrons. The van der Waals surface area contributed by atoms with Crippen LogP contribution < -0.4 is 16.8 Å². The van der Waals surface area contributed by atoms with Gasteiger partial charge in [0.2, 0.25) is 5.91 Å². The molecule has 0 aliphatic rings. The molecular formula is C13H15N3O2S. The molecule has 6 heteroatoms. The van der Waals surface area contributed by atoms with Gasteiger partial charge in [-0.2, -0.15) is 0 Å². The number of amides is 2. The fourth-order valence-electron chi connectivity index (χ4n) is 1.78. The quantitative estimate of drug-likeness (QED) is 0.790. The third-order valence-corrected chi connectivity index (χ3v) is 4.29. The van der Waals surface area contributed by atoms with Crippen LogP contribution in [0.25, 0.3) is 10.1 Å². The van der Waals surface area contributed by atoms with E-state index in [1.165, 1.54) is 18.3 Å². The second kappa shape index (κ2) is 4.89. The normalized spacial score (nSPS) is 12.3. The molecule has 1 aromatic heterocycles. The number of nitrogen functional groups attached to an aromatic ring is 1. The van der Waals surface area contributed by atoms with E-state index in [0.29, 0.717) is 10.6 Å². The Balaban J connectivity index is 2.41. The minimum atomic E-state index is -0.724. The average molecular weight is 277 g/mol. The van der Waals surface area contributed by atoms with Crippen molar-refractivity contribution in [2.75, 3.05) is 5.73 Å². The number of carbonyl (C=O) groups is 2. The van der Waals surface area contributed by atoms with Gasteiger partial charge in [0.05, 0.1) is 5.69 Å². The van der Waals surface area contributed by atoms with E-state index < -0.39 is 11.9 Å². The van der Waals surface area contributed by atoms with Crippen molar-refractivity contribution in [1.29, 1.82) is 0 Å². The summed E-state index contributed by atoms with van der Waals surface area (Å²) in [5.74, 6) is -0.950. The Morgan fingerprint density at radius 3 is 2.63 bits per heavy atom. The van der Waals surface area contributed by atoms with Gasteiger partial charge in [0.15, 0.2) is 0 Å². The molecule has 19 heavy (non-hydrogen) atoms. The minimum Gasteiger partial charge on any atom is -0.397 e. The molecule has 0 radical (unpaired) electrons. The molecule has 1 atom stereocenters. The highest BCUT2D eigenvalue weighted by atomic mass is 32.1. The molecule has 1 aromatic carbocycles. The van der Waals surface area contributed by atoms with Crippen molar-refractivity contribution in [3.05, 3.63) is 28.6 Å². The molecule has 5 N–H and O–H groups in total. The van der Waals surface area contributed by atoms with E-state index in [4.69, 9.17) is 11.5 Å². The maximum atomic E-state index is 12.1. The minimum absolute atomic E-state index is 0.371. The Labute approximate surface area is 114 Å². The first kappa shape index (κ1) is 13.4. The lowest BCUT2D eigenvalue weighted by atomic mass is 10.1. The highest BCUT2D eigenvalue weighted by Gasteiger charge is 2.20. The van der Waals surface area contributed by atoms with Crippen LogP contribution in [0.3, 0.4) is 0 Å². The van der Waals surface area contributed by atoms with Gasteiger partial charge in [0.1, 0.15) is 10.9 Å². The van der Waals surface area contributed by atoms with Crippen LogP contribution in [-0.4, -0.2) is 17.9 Å². The molecule has 0 spiro atoms. The van der Waals surface area contributed by atoms with Gasteiger partial charge >= 0.3 is 0 Å². The maximum absolute atomic E-state index is 12.1. The Kier molecular flexibility index (Phi) is 3.44. The van der Waals surface area contributed by atoms with E-state index in [2.05, 4.69) is 5.32 Å². The molecule has 0 aliphatic carbocycles. The van der Waals surface area contributed by atoms with E-state index in [1.54, 1.807) is 0 Å². The summed E-state index contributed by atoms with van der Waals surface area (Å²) in [4.78, 5) is 23.4. The summed E-state index contributed by atoms with van der Waals surface area (Å²) >= 11 is 1.32. The third-order valence-electron chi connectivity index (χ3n) is 2.93. The molecule has 2 amide bonds. The molecule has 0 saturated carbocycles. The van der Waals surface area contributed by atoms with Crippen LogP contribution in [0.4, 0.5) is 5.69 Å². The maximum Gasteiger partial charge on any atom is 0.264 e. The van der Waals surface area contributed by atoms with E-state index in [0.717, 1.165) is 15.6 Å². The third kappa shape index (κ3) is 2.39. The summed E-state index contributed by atoms with van der Waals surface area (Å²) in [6, 6.07) is 5.02. The van der Waals surface area contributed by atoms with Crippen LogP contribution in [0.1, 0.15) is 22.2 Å². The fourth-order valence-corrected chi connectivity index (χ4v) is 2.87. The Bertz CT molecular complexity index is 663. The van der Waals surface area contributed by atoms with Crippen LogP contribution in [0, 0.1) is 6.92 Å². The summed E-state index contributed by atoms with van der Waals surface area (Å²) in [5, 5.41) is 3.40. The zero-order valence-corrected chi connectivity index (χ0v) is 11.5. The Morgan fingerprint density at radius 2 is 2.05 bits per heavy atom. The van der Waals surface area contributed by atoms with Crippen LogP contribution in [0.2, 0.25) is 0 Å². The Morgan fingerprint density at radius 1 is 1.37 bits per heavy atom. The summed E-state index contributed by atoms with van der Waals surface area (Å²) in [5.41, 5.74) is 12.6. The number of anilines is 1. The topological polar surface area (TPSA) is 98.2 Å². The van der Waals surface area contributed by atoms with Gasteiger partial charge in [-0.25, -0.2) is 0 Å². The van der Waals surface area contributed by atoms with Gasteiger partial charge in [0.25, 0.3) is 5.91 Å².